The lowest BCUT2D eigenvalue weighted by Crippen LogP contribution is -2.19. The Balaban J connectivity index is 2.98. The minimum Gasteiger partial charge on any atom is -0.481 e. The van der Waals surface area contributed by atoms with Gasteiger partial charge in [-0.3, -0.25) is 4.79 Å². The number of nitrogens with zero attached hydrogens (tertiary/aromatic N) is 4. The van der Waals surface area contributed by atoms with E-state index in [2.05, 4.69) is 36.3 Å². The third-order valence-corrected chi connectivity index (χ3v) is 3.54. The highest BCUT2D eigenvalue weighted by Crippen LogP contribution is 2.28. The number of carboxylic acid groups (broad SMARTS) is 1. The monoisotopic (exact) mass is 282 g/mol. The lowest BCUT2D eigenvalue weighted by molar-refractivity contribution is -0.138. The number of hydrogen-bond acceptors (Lipinski definition) is 4. The van der Waals surface area contributed by atoms with E-state index in [0.717, 1.165) is 44.3 Å². The van der Waals surface area contributed by atoms with Crippen molar-refractivity contribution in [1.82, 2.24) is 20.2 Å². The molecular weight excluding hydrogens is 256 g/mol. The Kier molecular flexibility index (Phi) is 7.18. The average molecular weight is 282 g/mol. The smallest absolute Gasteiger partial charge is 0.305 e. The Labute approximate surface area is 120 Å². The topological polar surface area (TPSA) is 80.9 Å². The van der Waals surface area contributed by atoms with Gasteiger partial charge in [0.1, 0.15) is 0 Å². The lowest BCUT2D eigenvalue weighted by atomic mass is 9.96. The molecule has 0 amide bonds. The highest BCUT2D eigenvalue weighted by Gasteiger charge is 2.24. The summed E-state index contributed by atoms with van der Waals surface area (Å²) in [4.78, 5) is 11.0. The number of rotatable bonds is 10. The zero-order valence-electron chi connectivity index (χ0n) is 12.7. The molecule has 1 aromatic rings. The van der Waals surface area contributed by atoms with E-state index in [9.17, 15) is 4.79 Å². The summed E-state index contributed by atoms with van der Waals surface area (Å²) in [6.07, 6.45) is 6.03. The second kappa shape index (κ2) is 8.66. The number of hydrogen-bond donors (Lipinski definition) is 1. The molecule has 0 aliphatic carbocycles. The summed E-state index contributed by atoms with van der Waals surface area (Å²) in [5.74, 6) is 0.383. The molecule has 1 atom stereocenters. The van der Waals surface area contributed by atoms with Crippen molar-refractivity contribution in [3.05, 3.63) is 5.82 Å². The molecule has 0 aromatic carbocycles. The zero-order valence-corrected chi connectivity index (χ0v) is 12.7. The van der Waals surface area contributed by atoms with Crippen LogP contribution in [-0.2, 0) is 4.79 Å². The van der Waals surface area contributed by atoms with Crippen LogP contribution < -0.4 is 0 Å². The van der Waals surface area contributed by atoms with Gasteiger partial charge in [0.05, 0.1) is 12.5 Å². The average Bonchev–Trinajstić information content (AvgIpc) is 2.86. The SMILES string of the molecule is CCCC(CCC)c1nnnn1C(CCC)CC(=O)O. The fraction of sp³-hybridized carbons (Fsp3) is 0.857. The second-order valence-corrected chi connectivity index (χ2v) is 5.30. The molecule has 0 radical (unpaired) electrons. The first kappa shape index (κ1) is 16.6. The van der Waals surface area contributed by atoms with Crippen molar-refractivity contribution in [1.29, 1.82) is 0 Å². The Hall–Kier alpha value is -1.46. The fourth-order valence-corrected chi connectivity index (χ4v) is 2.67. The number of aromatic nitrogens is 4. The maximum atomic E-state index is 11.0. The van der Waals surface area contributed by atoms with Gasteiger partial charge in [-0.15, -0.1) is 5.10 Å². The van der Waals surface area contributed by atoms with Gasteiger partial charge < -0.3 is 5.11 Å². The third-order valence-electron chi connectivity index (χ3n) is 3.54. The summed E-state index contributed by atoms with van der Waals surface area (Å²) in [5, 5.41) is 21.1. The Morgan fingerprint density at radius 1 is 1.15 bits per heavy atom. The van der Waals surface area contributed by atoms with Crippen molar-refractivity contribution in [2.45, 2.75) is 77.7 Å². The number of aliphatic carboxylic acids is 1. The van der Waals surface area contributed by atoms with Gasteiger partial charge in [-0.2, -0.15) is 0 Å². The van der Waals surface area contributed by atoms with Gasteiger partial charge in [0, 0.05) is 5.92 Å². The Morgan fingerprint density at radius 3 is 2.25 bits per heavy atom. The zero-order chi connectivity index (χ0) is 15.0. The standard InChI is InChI=1S/C14H26N4O2/c1-4-7-11(8-5-2)14-15-16-17-18(14)12(9-6-3)10-13(19)20/h11-12H,4-10H2,1-3H3,(H,19,20). The van der Waals surface area contributed by atoms with Crippen LogP contribution in [0.3, 0.4) is 0 Å². The second-order valence-electron chi connectivity index (χ2n) is 5.30. The highest BCUT2D eigenvalue weighted by molar-refractivity contribution is 5.67. The maximum Gasteiger partial charge on any atom is 0.305 e. The van der Waals surface area contributed by atoms with Crippen molar-refractivity contribution < 1.29 is 9.90 Å². The van der Waals surface area contributed by atoms with Gasteiger partial charge in [0.25, 0.3) is 0 Å². The van der Waals surface area contributed by atoms with Gasteiger partial charge in [-0.25, -0.2) is 4.68 Å². The molecule has 0 spiro atoms. The van der Waals surface area contributed by atoms with Gasteiger partial charge in [0.2, 0.25) is 0 Å². The van der Waals surface area contributed by atoms with E-state index in [1.165, 1.54) is 0 Å². The van der Waals surface area contributed by atoms with E-state index in [0.29, 0.717) is 5.92 Å². The van der Waals surface area contributed by atoms with Gasteiger partial charge >= 0.3 is 5.97 Å². The van der Waals surface area contributed by atoms with Crippen LogP contribution in [0, 0.1) is 0 Å². The summed E-state index contributed by atoms with van der Waals surface area (Å²) in [7, 11) is 0. The molecule has 1 heterocycles. The van der Waals surface area contributed by atoms with Crippen LogP contribution in [0.15, 0.2) is 0 Å². The normalized spacial score (nSPS) is 12.8. The molecule has 0 aliphatic rings. The quantitative estimate of drug-likeness (QED) is 0.712. The molecule has 0 saturated heterocycles. The predicted octanol–water partition coefficient (Wildman–Crippen LogP) is 3.17. The number of carboxylic acids is 1. The molecule has 1 N–H and O–H groups in total. The minimum atomic E-state index is -0.799. The summed E-state index contributed by atoms with van der Waals surface area (Å²) < 4.78 is 1.76. The first-order valence-corrected chi connectivity index (χ1v) is 7.63. The van der Waals surface area contributed by atoms with Crippen LogP contribution in [0.1, 0.15) is 83.5 Å². The maximum absolute atomic E-state index is 11.0. The van der Waals surface area contributed by atoms with Crippen LogP contribution in [0.25, 0.3) is 0 Å². The number of carbonyl (C=O) groups is 1. The predicted molar refractivity (Wildman–Crippen MR) is 76.6 cm³/mol. The lowest BCUT2D eigenvalue weighted by Gasteiger charge is -2.20. The molecule has 6 heteroatoms. The Bertz CT molecular complexity index is 400. The molecule has 1 rings (SSSR count). The molecule has 1 unspecified atom stereocenters. The highest BCUT2D eigenvalue weighted by atomic mass is 16.4. The Morgan fingerprint density at radius 2 is 1.75 bits per heavy atom. The molecule has 0 aliphatic heterocycles. The first-order valence-electron chi connectivity index (χ1n) is 7.63. The van der Waals surface area contributed by atoms with Crippen molar-refractivity contribution >= 4 is 5.97 Å². The molecule has 0 saturated carbocycles. The van der Waals surface area contributed by atoms with Gasteiger partial charge in [-0.1, -0.05) is 40.0 Å². The molecule has 1 aromatic heterocycles. The van der Waals surface area contributed by atoms with Gasteiger partial charge in [-0.05, 0) is 29.7 Å². The molecular formula is C14H26N4O2. The van der Waals surface area contributed by atoms with Crippen LogP contribution in [-0.4, -0.2) is 31.3 Å². The van der Waals surface area contributed by atoms with E-state index < -0.39 is 5.97 Å². The summed E-state index contributed by atoms with van der Waals surface area (Å²) in [6.45, 7) is 6.35. The van der Waals surface area contributed by atoms with Crippen molar-refractivity contribution in [2.75, 3.05) is 0 Å². The van der Waals surface area contributed by atoms with E-state index in [1.807, 2.05) is 0 Å². The van der Waals surface area contributed by atoms with E-state index >= 15 is 0 Å². The van der Waals surface area contributed by atoms with E-state index in [-0.39, 0.29) is 12.5 Å². The van der Waals surface area contributed by atoms with Crippen molar-refractivity contribution in [2.24, 2.45) is 0 Å². The fourth-order valence-electron chi connectivity index (χ4n) is 2.67. The van der Waals surface area contributed by atoms with Crippen LogP contribution in [0.2, 0.25) is 0 Å². The van der Waals surface area contributed by atoms with Crippen LogP contribution in [0.5, 0.6) is 0 Å². The third kappa shape index (κ3) is 4.58. The molecule has 114 valence electrons. The molecule has 0 fully saturated rings. The van der Waals surface area contributed by atoms with Crippen LogP contribution >= 0.6 is 0 Å². The summed E-state index contributed by atoms with van der Waals surface area (Å²) in [5.41, 5.74) is 0. The summed E-state index contributed by atoms with van der Waals surface area (Å²) in [6, 6.07) is -0.140. The molecule has 6 nitrogen and oxygen atoms in total. The van der Waals surface area contributed by atoms with Crippen molar-refractivity contribution in [3.63, 3.8) is 0 Å². The van der Waals surface area contributed by atoms with Gasteiger partial charge in [0.15, 0.2) is 5.82 Å². The largest absolute Gasteiger partial charge is 0.481 e. The first-order chi connectivity index (χ1) is 9.63. The van der Waals surface area contributed by atoms with Crippen molar-refractivity contribution in [3.8, 4) is 0 Å². The van der Waals surface area contributed by atoms with Crippen LogP contribution in [0.4, 0.5) is 0 Å². The molecule has 0 bridgehead atoms. The molecule has 20 heavy (non-hydrogen) atoms. The van der Waals surface area contributed by atoms with E-state index in [4.69, 9.17) is 5.11 Å². The minimum absolute atomic E-state index is 0.0802. The number of tetrazole rings is 1. The van der Waals surface area contributed by atoms with E-state index in [1.54, 1.807) is 4.68 Å². The summed E-state index contributed by atoms with van der Waals surface area (Å²) >= 11 is 0.